The monoisotopic (exact) mass is 248 g/mol. The molecule has 0 aromatic carbocycles. The molecule has 0 bridgehead atoms. The standard InChI is InChI=1S/C14H24N4/c15-11-14(8-4-2-5-9-14)13-17-16-12-7-3-1-6-10-18(12)13/h1-11,15H2. The van der Waals surface area contributed by atoms with Crippen LogP contribution >= 0.6 is 0 Å². The molecule has 2 heterocycles. The van der Waals surface area contributed by atoms with Gasteiger partial charge in [0.05, 0.1) is 0 Å². The van der Waals surface area contributed by atoms with E-state index in [0.717, 1.165) is 19.5 Å². The molecular weight excluding hydrogens is 224 g/mol. The average molecular weight is 248 g/mol. The van der Waals surface area contributed by atoms with Crippen LogP contribution in [0.5, 0.6) is 0 Å². The largest absolute Gasteiger partial charge is 0.329 e. The van der Waals surface area contributed by atoms with Crippen molar-refractivity contribution >= 4 is 0 Å². The third-order valence-corrected chi connectivity index (χ3v) is 4.79. The van der Waals surface area contributed by atoms with Crippen LogP contribution in [0, 0.1) is 0 Å². The van der Waals surface area contributed by atoms with E-state index < -0.39 is 0 Å². The molecule has 1 aliphatic heterocycles. The Hall–Kier alpha value is -0.900. The molecular formula is C14H24N4. The molecule has 4 heteroatoms. The van der Waals surface area contributed by atoms with E-state index >= 15 is 0 Å². The normalized spacial score (nSPS) is 23.4. The number of aromatic nitrogens is 3. The molecule has 2 N–H and O–H groups in total. The lowest BCUT2D eigenvalue weighted by molar-refractivity contribution is 0.275. The Morgan fingerprint density at radius 1 is 1.00 bits per heavy atom. The van der Waals surface area contributed by atoms with Crippen molar-refractivity contribution in [2.75, 3.05) is 6.54 Å². The first-order valence-corrected chi connectivity index (χ1v) is 7.48. The van der Waals surface area contributed by atoms with Gasteiger partial charge >= 0.3 is 0 Å². The summed E-state index contributed by atoms with van der Waals surface area (Å²) in [5, 5.41) is 8.98. The number of nitrogens with zero attached hydrogens (tertiary/aromatic N) is 3. The summed E-state index contributed by atoms with van der Waals surface area (Å²) in [5.74, 6) is 2.39. The Morgan fingerprint density at radius 2 is 1.78 bits per heavy atom. The highest BCUT2D eigenvalue weighted by Crippen LogP contribution is 2.38. The van der Waals surface area contributed by atoms with E-state index in [-0.39, 0.29) is 5.41 Å². The van der Waals surface area contributed by atoms with Gasteiger partial charge < -0.3 is 10.3 Å². The van der Waals surface area contributed by atoms with Gasteiger partial charge in [-0.1, -0.05) is 25.7 Å². The third-order valence-electron chi connectivity index (χ3n) is 4.79. The zero-order valence-corrected chi connectivity index (χ0v) is 11.2. The number of aryl methyl sites for hydroxylation is 1. The predicted octanol–water partition coefficient (Wildman–Crippen LogP) is 2.17. The van der Waals surface area contributed by atoms with Crippen molar-refractivity contribution in [3.63, 3.8) is 0 Å². The van der Waals surface area contributed by atoms with Gasteiger partial charge in [0.25, 0.3) is 0 Å². The molecule has 18 heavy (non-hydrogen) atoms. The highest BCUT2D eigenvalue weighted by molar-refractivity contribution is 5.14. The van der Waals surface area contributed by atoms with E-state index in [9.17, 15) is 0 Å². The van der Waals surface area contributed by atoms with E-state index in [1.807, 2.05) is 0 Å². The quantitative estimate of drug-likeness (QED) is 0.872. The van der Waals surface area contributed by atoms with Crippen LogP contribution in [-0.4, -0.2) is 21.3 Å². The Kier molecular flexibility index (Phi) is 3.37. The molecule has 0 unspecified atom stereocenters. The van der Waals surface area contributed by atoms with Gasteiger partial charge in [0.15, 0.2) is 0 Å². The van der Waals surface area contributed by atoms with E-state index in [1.54, 1.807) is 0 Å². The Morgan fingerprint density at radius 3 is 2.56 bits per heavy atom. The van der Waals surface area contributed by atoms with Crippen molar-refractivity contribution in [3.05, 3.63) is 11.6 Å². The van der Waals surface area contributed by atoms with Gasteiger partial charge in [-0.05, 0) is 25.7 Å². The summed E-state index contributed by atoms with van der Waals surface area (Å²) >= 11 is 0. The zero-order chi connectivity index (χ0) is 12.4. The maximum absolute atomic E-state index is 6.12. The van der Waals surface area contributed by atoms with Crippen molar-refractivity contribution in [1.82, 2.24) is 14.8 Å². The second-order valence-electron chi connectivity index (χ2n) is 5.95. The topological polar surface area (TPSA) is 56.7 Å². The number of hydrogen-bond acceptors (Lipinski definition) is 3. The van der Waals surface area contributed by atoms with E-state index in [1.165, 1.54) is 63.0 Å². The first kappa shape index (κ1) is 12.2. The SMILES string of the molecule is NCC1(c2nnc3n2CCCCC3)CCCCC1. The smallest absolute Gasteiger partial charge is 0.140 e. The number of hydrogen-bond donors (Lipinski definition) is 1. The molecule has 1 aliphatic carbocycles. The Balaban J connectivity index is 1.97. The maximum atomic E-state index is 6.12. The fourth-order valence-corrected chi connectivity index (χ4v) is 3.62. The lowest BCUT2D eigenvalue weighted by Crippen LogP contribution is -2.40. The fraction of sp³-hybridized carbons (Fsp3) is 0.857. The van der Waals surface area contributed by atoms with Crippen molar-refractivity contribution in [3.8, 4) is 0 Å². The summed E-state index contributed by atoms with van der Waals surface area (Å²) < 4.78 is 2.39. The minimum absolute atomic E-state index is 0.119. The lowest BCUT2D eigenvalue weighted by Gasteiger charge is -2.35. The lowest BCUT2D eigenvalue weighted by atomic mass is 9.73. The molecule has 1 fully saturated rings. The van der Waals surface area contributed by atoms with Gasteiger partial charge in [-0.15, -0.1) is 10.2 Å². The summed E-state index contributed by atoms with van der Waals surface area (Å²) in [6.07, 6.45) is 11.3. The van der Waals surface area contributed by atoms with Gasteiger partial charge in [-0.3, -0.25) is 0 Å². The second kappa shape index (κ2) is 5.00. The van der Waals surface area contributed by atoms with Crippen LogP contribution in [0.1, 0.15) is 63.0 Å². The molecule has 0 amide bonds. The van der Waals surface area contributed by atoms with E-state index in [0.29, 0.717) is 0 Å². The van der Waals surface area contributed by atoms with Gasteiger partial charge in [0.1, 0.15) is 11.6 Å². The van der Waals surface area contributed by atoms with Gasteiger partial charge in [-0.2, -0.15) is 0 Å². The predicted molar refractivity (Wildman–Crippen MR) is 71.4 cm³/mol. The highest BCUT2D eigenvalue weighted by Gasteiger charge is 2.37. The third kappa shape index (κ3) is 1.96. The Labute approximate surface area is 109 Å². The van der Waals surface area contributed by atoms with Crippen LogP contribution in [0.4, 0.5) is 0 Å². The number of rotatable bonds is 2. The van der Waals surface area contributed by atoms with Crippen molar-refractivity contribution in [2.45, 2.75) is 69.7 Å². The van der Waals surface area contributed by atoms with Gasteiger partial charge in [0.2, 0.25) is 0 Å². The fourth-order valence-electron chi connectivity index (χ4n) is 3.62. The molecule has 3 rings (SSSR count). The summed E-state index contributed by atoms with van der Waals surface area (Å²) in [6.45, 7) is 1.82. The molecule has 100 valence electrons. The minimum Gasteiger partial charge on any atom is -0.329 e. The van der Waals surface area contributed by atoms with Crippen molar-refractivity contribution < 1.29 is 0 Å². The molecule has 1 saturated carbocycles. The average Bonchev–Trinajstić information content (AvgIpc) is 2.69. The zero-order valence-electron chi connectivity index (χ0n) is 11.2. The molecule has 0 saturated heterocycles. The van der Waals surface area contributed by atoms with Crippen molar-refractivity contribution in [2.24, 2.45) is 5.73 Å². The van der Waals surface area contributed by atoms with E-state index in [4.69, 9.17) is 5.73 Å². The number of fused-ring (bicyclic) bond motifs is 1. The van der Waals surface area contributed by atoms with Crippen LogP contribution < -0.4 is 5.73 Å². The summed E-state index contributed by atoms with van der Waals surface area (Å²) in [4.78, 5) is 0. The first-order chi connectivity index (χ1) is 8.86. The van der Waals surface area contributed by atoms with Crippen LogP contribution in [-0.2, 0) is 18.4 Å². The van der Waals surface area contributed by atoms with Crippen LogP contribution in [0.2, 0.25) is 0 Å². The van der Waals surface area contributed by atoms with Gasteiger partial charge in [0, 0.05) is 24.9 Å². The summed E-state index contributed by atoms with van der Waals surface area (Å²) in [6, 6.07) is 0. The molecule has 4 nitrogen and oxygen atoms in total. The summed E-state index contributed by atoms with van der Waals surface area (Å²) in [7, 11) is 0. The first-order valence-electron chi connectivity index (χ1n) is 7.48. The van der Waals surface area contributed by atoms with Crippen LogP contribution in [0.15, 0.2) is 0 Å². The molecule has 1 aromatic rings. The minimum atomic E-state index is 0.119. The molecule has 2 aliphatic rings. The molecule has 0 atom stereocenters. The second-order valence-corrected chi connectivity index (χ2v) is 5.95. The van der Waals surface area contributed by atoms with Crippen LogP contribution in [0.25, 0.3) is 0 Å². The molecule has 0 spiro atoms. The molecule has 0 radical (unpaired) electrons. The van der Waals surface area contributed by atoms with E-state index in [2.05, 4.69) is 14.8 Å². The summed E-state index contributed by atoms with van der Waals surface area (Å²) in [5.41, 5.74) is 6.24. The highest BCUT2D eigenvalue weighted by atomic mass is 15.3. The van der Waals surface area contributed by atoms with Crippen molar-refractivity contribution in [1.29, 1.82) is 0 Å². The Bertz CT molecular complexity index is 404. The number of nitrogens with two attached hydrogens (primary N) is 1. The van der Waals surface area contributed by atoms with Crippen LogP contribution in [0.3, 0.4) is 0 Å². The van der Waals surface area contributed by atoms with Gasteiger partial charge in [-0.25, -0.2) is 0 Å². The molecule has 1 aromatic heterocycles. The maximum Gasteiger partial charge on any atom is 0.140 e.